The Hall–Kier alpha value is -1.05. The molecule has 11 heavy (non-hydrogen) atoms. The van der Waals surface area contributed by atoms with E-state index >= 15 is 0 Å². The molecule has 0 fully saturated rings. The molecule has 1 atom stereocenters. The van der Waals surface area contributed by atoms with E-state index in [1.165, 1.54) is 11.1 Å². The second-order valence-corrected chi connectivity index (χ2v) is 3.11. The van der Waals surface area contributed by atoms with Crippen LogP contribution in [0.5, 0.6) is 5.88 Å². The van der Waals surface area contributed by atoms with Gasteiger partial charge in [0.2, 0.25) is 5.88 Å². The first-order valence-electron chi connectivity index (χ1n) is 3.88. The van der Waals surface area contributed by atoms with E-state index < -0.39 is 0 Å². The van der Waals surface area contributed by atoms with Crippen LogP contribution in [0.3, 0.4) is 0 Å². The molecule has 2 heterocycles. The van der Waals surface area contributed by atoms with Gasteiger partial charge in [0.05, 0.1) is 0 Å². The topological polar surface area (TPSA) is 22.1 Å². The maximum Gasteiger partial charge on any atom is 0.216 e. The number of rotatable bonds is 0. The molecule has 0 spiro atoms. The molecule has 1 aromatic heterocycles. The van der Waals surface area contributed by atoms with Crippen LogP contribution in [0.15, 0.2) is 12.3 Å². The smallest absolute Gasteiger partial charge is 0.216 e. The third kappa shape index (κ3) is 1.09. The molecule has 2 rings (SSSR count). The fraction of sp³-hybridized carbons (Fsp3) is 0.444. The zero-order valence-electron chi connectivity index (χ0n) is 6.79. The van der Waals surface area contributed by atoms with Crippen LogP contribution < -0.4 is 4.74 Å². The quantitative estimate of drug-likeness (QED) is 0.560. The van der Waals surface area contributed by atoms with Crippen LogP contribution in [0.4, 0.5) is 0 Å². The van der Waals surface area contributed by atoms with Crippen molar-refractivity contribution in [3.63, 3.8) is 0 Å². The molecule has 0 saturated heterocycles. The van der Waals surface area contributed by atoms with Crippen molar-refractivity contribution in [1.29, 1.82) is 0 Å². The highest BCUT2D eigenvalue weighted by atomic mass is 16.5. The van der Waals surface area contributed by atoms with Crippen LogP contribution in [-0.4, -0.2) is 11.1 Å². The van der Waals surface area contributed by atoms with Crippen LogP contribution in [0.2, 0.25) is 0 Å². The van der Waals surface area contributed by atoms with Gasteiger partial charge >= 0.3 is 0 Å². The summed E-state index contributed by atoms with van der Waals surface area (Å²) in [7, 11) is 0. The summed E-state index contributed by atoms with van der Waals surface area (Å²) in [5.74, 6) is 0.822. The van der Waals surface area contributed by atoms with Gasteiger partial charge in [0.1, 0.15) is 6.10 Å². The molecule has 2 nitrogen and oxygen atoms in total. The molecule has 0 N–H and O–H groups in total. The van der Waals surface area contributed by atoms with Crippen LogP contribution in [-0.2, 0) is 6.42 Å². The summed E-state index contributed by atoms with van der Waals surface area (Å²) in [5, 5.41) is 0. The maximum absolute atomic E-state index is 5.45. The minimum Gasteiger partial charge on any atom is -0.474 e. The van der Waals surface area contributed by atoms with E-state index in [2.05, 4.69) is 24.9 Å². The Balaban J connectivity index is 2.43. The van der Waals surface area contributed by atoms with Crippen LogP contribution in [0.25, 0.3) is 0 Å². The van der Waals surface area contributed by atoms with Gasteiger partial charge in [-0.25, -0.2) is 4.98 Å². The molecule has 1 aromatic rings. The Morgan fingerprint density at radius 2 is 2.45 bits per heavy atom. The molecule has 58 valence electrons. The third-order valence-corrected chi connectivity index (χ3v) is 1.88. The van der Waals surface area contributed by atoms with Crippen molar-refractivity contribution < 1.29 is 4.74 Å². The fourth-order valence-electron chi connectivity index (χ4n) is 1.41. The van der Waals surface area contributed by atoms with E-state index in [0.29, 0.717) is 6.10 Å². The summed E-state index contributed by atoms with van der Waals surface area (Å²) in [5.41, 5.74) is 2.46. The van der Waals surface area contributed by atoms with Gasteiger partial charge in [-0.2, -0.15) is 0 Å². The monoisotopic (exact) mass is 149 g/mol. The van der Waals surface area contributed by atoms with Gasteiger partial charge in [-0.3, -0.25) is 0 Å². The Bertz CT molecular complexity index is 283. The number of ether oxygens (including phenoxy) is 1. The lowest BCUT2D eigenvalue weighted by Crippen LogP contribution is -2.05. The number of nitrogens with zero attached hydrogens (tertiary/aromatic N) is 1. The van der Waals surface area contributed by atoms with Gasteiger partial charge < -0.3 is 4.74 Å². The second kappa shape index (κ2) is 2.22. The molecular weight excluding hydrogens is 138 g/mol. The number of pyridine rings is 1. The number of aromatic nitrogens is 1. The van der Waals surface area contributed by atoms with Crippen molar-refractivity contribution in [2.24, 2.45) is 0 Å². The standard InChI is InChI=1S/C9H11NO/c1-6-3-8-4-7(2)11-9(8)10-5-6/h3,5,7H,4H2,1-2H3/t7-/m1/s1. The van der Waals surface area contributed by atoms with Crippen molar-refractivity contribution in [2.75, 3.05) is 0 Å². The number of fused-ring (bicyclic) bond motifs is 1. The van der Waals surface area contributed by atoms with Crippen molar-refractivity contribution in [3.8, 4) is 5.88 Å². The average Bonchev–Trinajstić information content (AvgIpc) is 2.27. The molecule has 0 aromatic carbocycles. The van der Waals surface area contributed by atoms with Gasteiger partial charge in [0.15, 0.2) is 0 Å². The molecule has 0 saturated carbocycles. The number of hydrogen-bond acceptors (Lipinski definition) is 2. The van der Waals surface area contributed by atoms with E-state index in [9.17, 15) is 0 Å². The largest absolute Gasteiger partial charge is 0.474 e. The predicted octanol–water partition coefficient (Wildman–Crippen LogP) is 1.71. The van der Waals surface area contributed by atoms with Crippen molar-refractivity contribution in [3.05, 3.63) is 23.4 Å². The summed E-state index contributed by atoms with van der Waals surface area (Å²) in [4.78, 5) is 4.19. The minimum absolute atomic E-state index is 0.305. The Morgan fingerprint density at radius 3 is 3.27 bits per heavy atom. The lowest BCUT2D eigenvalue weighted by molar-refractivity contribution is 0.246. The first-order chi connectivity index (χ1) is 5.25. The van der Waals surface area contributed by atoms with Crippen molar-refractivity contribution >= 4 is 0 Å². The maximum atomic E-state index is 5.45. The van der Waals surface area contributed by atoms with Crippen LogP contribution in [0, 0.1) is 6.92 Å². The van der Waals surface area contributed by atoms with Crippen molar-refractivity contribution in [2.45, 2.75) is 26.4 Å². The molecular formula is C9H11NO. The summed E-state index contributed by atoms with van der Waals surface area (Å²) in [6, 6.07) is 2.14. The van der Waals surface area contributed by atoms with E-state index in [4.69, 9.17) is 4.74 Å². The lowest BCUT2D eigenvalue weighted by atomic mass is 10.1. The summed E-state index contributed by atoms with van der Waals surface area (Å²) in [6.07, 6.45) is 3.15. The number of aryl methyl sites for hydroxylation is 1. The van der Waals surface area contributed by atoms with E-state index in [0.717, 1.165) is 12.3 Å². The highest BCUT2D eigenvalue weighted by molar-refractivity contribution is 5.33. The molecule has 0 bridgehead atoms. The van der Waals surface area contributed by atoms with E-state index in [1.54, 1.807) is 0 Å². The lowest BCUT2D eigenvalue weighted by Gasteiger charge is -2.00. The predicted molar refractivity (Wildman–Crippen MR) is 42.8 cm³/mol. The highest BCUT2D eigenvalue weighted by Crippen LogP contribution is 2.26. The van der Waals surface area contributed by atoms with Crippen molar-refractivity contribution in [1.82, 2.24) is 4.98 Å². The summed E-state index contributed by atoms with van der Waals surface area (Å²) in [6.45, 7) is 4.12. The van der Waals surface area contributed by atoms with Gasteiger partial charge in [-0.05, 0) is 25.5 Å². The Kier molecular flexibility index (Phi) is 1.34. The molecule has 0 aliphatic carbocycles. The average molecular weight is 149 g/mol. The van der Waals surface area contributed by atoms with E-state index in [1.807, 2.05) is 6.20 Å². The van der Waals surface area contributed by atoms with Gasteiger partial charge in [0.25, 0.3) is 0 Å². The van der Waals surface area contributed by atoms with Gasteiger partial charge in [0, 0.05) is 18.2 Å². The zero-order valence-corrected chi connectivity index (χ0v) is 6.79. The summed E-state index contributed by atoms with van der Waals surface area (Å²) >= 11 is 0. The molecule has 0 amide bonds. The second-order valence-electron chi connectivity index (χ2n) is 3.11. The molecule has 2 heteroatoms. The zero-order chi connectivity index (χ0) is 7.84. The SMILES string of the molecule is Cc1cnc2c(c1)C[C@@H](C)O2. The molecule has 1 aliphatic heterocycles. The van der Waals surface area contributed by atoms with E-state index in [-0.39, 0.29) is 0 Å². The minimum atomic E-state index is 0.305. The van der Waals surface area contributed by atoms with Gasteiger partial charge in [-0.15, -0.1) is 0 Å². The molecule has 0 unspecified atom stereocenters. The first kappa shape index (κ1) is 6.65. The third-order valence-electron chi connectivity index (χ3n) is 1.88. The van der Waals surface area contributed by atoms with Crippen LogP contribution >= 0.6 is 0 Å². The summed E-state index contributed by atoms with van der Waals surface area (Å²) < 4.78 is 5.45. The van der Waals surface area contributed by atoms with Crippen LogP contribution in [0.1, 0.15) is 18.1 Å². The first-order valence-corrected chi connectivity index (χ1v) is 3.88. The fourth-order valence-corrected chi connectivity index (χ4v) is 1.41. The normalized spacial score (nSPS) is 21.1. The number of hydrogen-bond donors (Lipinski definition) is 0. The molecule has 0 radical (unpaired) electrons. The molecule has 1 aliphatic rings. The Labute approximate surface area is 66.2 Å². The highest BCUT2D eigenvalue weighted by Gasteiger charge is 2.19. The van der Waals surface area contributed by atoms with Gasteiger partial charge in [-0.1, -0.05) is 0 Å². The Morgan fingerprint density at radius 1 is 1.64 bits per heavy atom.